The van der Waals surface area contributed by atoms with Gasteiger partial charge in [-0.05, 0) is 67.5 Å². The second-order valence-electron chi connectivity index (χ2n) is 8.98. The lowest BCUT2D eigenvalue weighted by Crippen LogP contribution is -2.56. The molecule has 2 aromatic rings. The molecule has 2 aliphatic carbocycles. The monoisotopic (exact) mass is 363 g/mol. The molecule has 144 valence electrons. The topological polar surface area (TPSA) is 23.5 Å². The Morgan fingerprint density at radius 3 is 2.70 bits per heavy atom. The Bertz CT molecular complexity index is 771. The summed E-state index contributed by atoms with van der Waals surface area (Å²) in [5.74, 6) is 1.13. The molecule has 2 heteroatoms. The maximum atomic E-state index is 10.2. The van der Waals surface area contributed by atoms with Gasteiger partial charge in [0.2, 0.25) is 0 Å². The lowest BCUT2D eigenvalue weighted by Gasteiger charge is -2.52. The highest BCUT2D eigenvalue weighted by atomic mass is 16.3. The van der Waals surface area contributed by atoms with Crippen molar-refractivity contribution in [2.75, 3.05) is 13.6 Å². The van der Waals surface area contributed by atoms with Crippen molar-refractivity contribution >= 4 is 0 Å². The fraction of sp³-hybridized carbons (Fsp3) is 0.520. The van der Waals surface area contributed by atoms with Crippen LogP contribution in [0, 0.1) is 5.92 Å². The summed E-state index contributed by atoms with van der Waals surface area (Å²) in [5, 5.41) is 10.2. The number of phenolic OH excluding ortho intramolecular Hbond substituents is 1. The Kier molecular flexibility index (Phi) is 5.27. The molecule has 0 spiro atoms. The van der Waals surface area contributed by atoms with Crippen LogP contribution in [0.15, 0.2) is 48.5 Å². The smallest absolute Gasteiger partial charge is 0.115 e. The van der Waals surface area contributed by atoms with Gasteiger partial charge in [-0.15, -0.1) is 0 Å². The number of aromatic hydroxyl groups is 1. The molecule has 2 aromatic carbocycles. The third-order valence-corrected chi connectivity index (χ3v) is 7.13. The first-order chi connectivity index (χ1) is 13.1. The van der Waals surface area contributed by atoms with Gasteiger partial charge in [0, 0.05) is 18.0 Å². The minimum absolute atomic E-state index is 0.128. The molecule has 3 atom stereocenters. The van der Waals surface area contributed by atoms with E-state index >= 15 is 0 Å². The molecule has 4 rings (SSSR count). The van der Waals surface area contributed by atoms with E-state index in [0.29, 0.717) is 17.7 Å². The lowest BCUT2D eigenvalue weighted by molar-refractivity contribution is 0.0650. The summed E-state index contributed by atoms with van der Waals surface area (Å²) in [6, 6.07) is 17.5. The van der Waals surface area contributed by atoms with E-state index in [4.69, 9.17) is 0 Å². The highest BCUT2D eigenvalue weighted by molar-refractivity contribution is 5.44. The zero-order valence-corrected chi connectivity index (χ0v) is 16.8. The van der Waals surface area contributed by atoms with Crippen LogP contribution in [0.2, 0.25) is 0 Å². The molecule has 0 heterocycles. The van der Waals surface area contributed by atoms with Gasteiger partial charge in [-0.3, -0.25) is 0 Å². The lowest BCUT2D eigenvalue weighted by atomic mass is 9.59. The van der Waals surface area contributed by atoms with E-state index in [1.54, 1.807) is 0 Å². The van der Waals surface area contributed by atoms with Crippen LogP contribution < -0.4 is 0 Å². The van der Waals surface area contributed by atoms with Crippen molar-refractivity contribution in [3.63, 3.8) is 0 Å². The van der Waals surface area contributed by atoms with Gasteiger partial charge in [-0.25, -0.2) is 0 Å². The zero-order chi connectivity index (χ0) is 18.9. The molecule has 0 aliphatic heterocycles. The SMILES string of the molecule is CN(CCc1ccccc1)[C@H]1C2CCCCC[C@]1(C)c1cc(O)ccc1C2. The Morgan fingerprint density at radius 2 is 1.89 bits per heavy atom. The Balaban J connectivity index is 1.65. The summed E-state index contributed by atoms with van der Waals surface area (Å²) in [4.78, 5) is 2.63. The van der Waals surface area contributed by atoms with Crippen molar-refractivity contribution in [2.24, 2.45) is 5.92 Å². The van der Waals surface area contributed by atoms with Gasteiger partial charge in [0.15, 0.2) is 0 Å². The fourth-order valence-electron chi connectivity index (χ4n) is 5.90. The molecule has 0 saturated heterocycles. The van der Waals surface area contributed by atoms with Gasteiger partial charge in [0.1, 0.15) is 5.75 Å². The molecule has 2 nitrogen and oxygen atoms in total. The largest absolute Gasteiger partial charge is 0.508 e. The van der Waals surface area contributed by atoms with Crippen molar-refractivity contribution in [1.29, 1.82) is 0 Å². The van der Waals surface area contributed by atoms with Crippen molar-refractivity contribution in [3.8, 4) is 5.75 Å². The van der Waals surface area contributed by atoms with E-state index in [1.165, 1.54) is 48.8 Å². The fourth-order valence-corrected chi connectivity index (χ4v) is 5.90. The Hall–Kier alpha value is -1.80. The minimum atomic E-state index is 0.128. The summed E-state index contributed by atoms with van der Waals surface area (Å²) in [6.45, 7) is 3.56. The van der Waals surface area contributed by atoms with Crippen LogP contribution in [-0.2, 0) is 18.3 Å². The van der Waals surface area contributed by atoms with Crippen LogP contribution in [0.5, 0.6) is 5.75 Å². The van der Waals surface area contributed by atoms with Crippen LogP contribution in [-0.4, -0.2) is 29.6 Å². The van der Waals surface area contributed by atoms with E-state index < -0.39 is 0 Å². The van der Waals surface area contributed by atoms with Crippen molar-refractivity contribution in [1.82, 2.24) is 4.90 Å². The van der Waals surface area contributed by atoms with Gasteiger partial charge in [-0.2, -0.15) is 0 Å². The minimum Gasteiger partial charge on any atom is -0.508 e. The molecular weight excluding hydrogens is 330 g/mol. The highest BCUT2D eigenvalue weighted by Crippen LogP contribution is 2.49. The summed E-state index contributed by atoms with van der Waals surface area (Å²) in [7, 11) is 2.33. The Morgan fingerprint density at radius 1 is 1.07 bits per heavy atom. The van der Waals surface area contributed by atoms with Crippen molar-refractivity contribution in [2.45, 2.75) is 63.3 Å². The van der Waals surface area contributed by atoms with Crippen LogP contribution in [0.4, 0.5) is 0 Å². The number of phenols is 1. The van der Waals surface area contributed by atoms with Crippen LogP contribution in [0.3, 0.4) is 0 Å². The molecule has 0 aromatic heterocycles. The molecule has 1 saturated carbocycles. The van der Waals surface area contributed by atoms with E-state index in [9.17, 15) is 5.11 Å². The zero-order valence-electron chi connectivity index (χ0n) is 16.8. The number of hydrogen-bond acceptors (Lipinski definition) is 2. The third kappa shape index (κ3) is 3.65. The van der Waals surface area contributed by atoms with Gasteiger partial charge in [-0.1, -0.05) is 62.6 Å². The summed E-state index contributed by atoms with van der Waals surface area (Å²) < 4.78 is 0. The van der Waals surface area contributed by atoms with Crippen molar-refractivity contribution < 1.29 is 5.11 Å². The standard InChI is InChI=1S/C25H33NO/c1-25-15-8-4-7-11-21(17-20-12-13-22(27)18-23(20)25)24(25)26(2)16-14-19-9-5-3-6-10-19/h3,5-6,9-10,12-13,18,21,24,27H,4,7-8,11,14-17H2,1-2H3/t21?,24-,25+/m0/s1. The molecule has 1 fully saturated rings. The molecule has 1 unspecified atom stereocenters. The van der Waals surface area contributed by atoms with Gasteiger partial charge in [0.25, 0.3) is 0 Å². The highest BCUT2D eigenvalue weighted by Gasteiger charge is 2.47. The van der Waals surface area contributed by atoms with Gasteiger partial charge in [0.05, 0.1) is 0 Å². The van der Waals surface area contributed by atoms with Crippen LogP contribution >= 0.6 is 0 Å². The maximum absolute atomic E-state index is 10.2. The number of fused-ring (bicyclic) bond motifs is 4. The number of likely N-dealkylation sites (N-methyl/N-ethyl adjacent to an activating group) is 1. The molecule has 2 aliphatic rings. The van der Waals surface area contributed by atoms with E-state index in [-0.39, 0.29) is 5.41 Å². The first-order valence-electron chi connectivity index (χ1n) is 10.6. The molecule has 0 amide bonds. The quantitative estimate of drug-likeness (QED) is 0.794. The average molecular weight is 364 g/mol. The van der Waals surface area contributed by atoms with Gasteiger partial charge >= 0.3 is 0 Å². The predicted octanol–water partition coefficient (Wildman–Crippen LogP) is 5.33. The average Bonchev–Trinajstić information content (AvgIpc) is 2.66. The van der Waals surface area contributed by atoms with Gasteiger partial charge < -0.3 is 10.0 Å². The molecule has 27 heavy (non-hydrogen) atoms. The third-order valence-electron chi connectivity index (χ3n) is 7.13. The number of benzene rings is 2. The first-order valence-corrected chi connectivity index (χ1v) is 10.6. The normalized spacial score (nSPS) is 27.7. The van der Waals surface area contributed by atoms with E-state index in [1.807, 2.05) is 6.07 Å². The molecule has 2 bridgehead atoms. The van der Waals surface area contributed by atoms with Crippen molar-refractivity contribution in [3.05, 3.63) is 65.2 Å². The molecule has 1 N–H and O–H groups in total. The number of nitrogens with zero attached hydrogens (tertiary/aromatic N) is 1. The number of rotatable bonds is 4. The summed E-state index contributed by atoms with van der Waals surface area (Å²) >= 11 is 0. The summed E-state index contributed by atoms with van der Waals surface area (Å²) in [6.07, 6.45) is 8.81. The molecular formula is C25H33NO. The second-order valence-corrected chi connectivity index (χ2v) is 8.98. The molecule has 0 radical (unpaired) electrons. The van der Waals surface area contributed by atoms with E-state index in [0.717, 1.165) is 19.4 Å². The Labute approximate surface area is 164 Å². The van der Waals surface area contributed by atoms with Crippen LogP contribution in [0.1, 0.15) is 55.7 Å². The second kappa shape index (κ2) is 7.67. The van der Waals surface area contributed by atoms with Crippen LogP contribution in [0.25, 0.3) is 0 Å². The maximum Gasteiger partial charge on any atom is 0.115 e. The number of hydrogen-bond donors (Lipinski definition) is 1. The summed E-state index contributed by atoms with van der Waals surface area (Å²) in [5.41, 5.74) is 4.42. The first kappa shape index (κ1) is 18.6. The van der Waals surface area contributed by atoms with E-state index in [2.05, 4.69) is 61.3 Å². The predicted molar refractivity (Wildman–Crippen MR) is 112 cm³/mol.